The topological polar surface area (TPSA) is 116 Å². The number of β-amino-alcohol motifs (C(OH)–C–C–N with tert-alkyl or cyclic N) is 1. The van der Waals surface area contributed by atoms with Crippen molar-refractivity contribution in [1.82, 2.24) is 10.2 Å². The average molecular weight is 438 g/mol. The molecule has 1 saturated heterocycles. The number of amides is 2. The molecule has 1 aliphatic carbocycles. The molecule has 2 aromatic carbocycles. The second kappa shape index (κ2) is 8.63. The van der Waals surface area contributed by atoms with Crippen LogP contribution >= 0.6 is 0 Å². The standard InChI is InChI=1S/C24H26N2O6/c1-2-20(21(27)26-12-11-24(31,14-26)22(28)29)25-23(30)32-13-19-17-9-5-3-7-15(17)16-8-4-6-10-18(16)19/h3-10,19-20,31H,2,11-14H2,1H3,(H,25,30)(H,28,29)/t20-,24?/m1/s1. The van der Waals surface area contributed by atoms with Crippen LogP contribution in [0.2, 0.25) is 0 Å². The van der Waals surface area contributed by atoms with E-state index in [0.29, 0.717) is 6.42 Å². The van der Waals surface area contributed by atoms with Gasteiger partial charge < -0.3 is 25.2 Å². The minimum atomic E-state index is -1.95. The van der Waals surface area contributed by atoms with Crippen LogP contribution in [0, 0.1) is 0 Å². The Balaban J connectivity index is 1.38. The van der Waals surface area contributed by atoms with E-state index < -0.39 is 29.6 Å². The maximum atomic E-state index is 12.8. The number of ether oxygens (including phenoxy) is 1. The molecule has 1 heterocycles. The van der Waals surface area contributed by atoms with E-state index >= 15 is 0 Å². The van der Waals surface area contributed by atoms with Crippen LogP contribution in [0.1, 0.15) is 36.8 Å². The maximum Gasteiger partial charge on any atom is 0.407 e. The number of carbonyl (C=O) groups excluding carboxylic acids is 2. The van der Waals surface area contributed by atoms with Crippen LogP contribution in [0.25, 0.3) is 11.1 Å². The Labute approximate surface area is 185 Å². The second-order valence-corrected chi connectivity index (χ2v) is 8.28. The molecule has 8 nitrogen and oxygen atoms in total. The molecule has 0 saturated carbocycles. The zero-order valence-corrected chi connectivity index (χ0v) is 17.8. The smallest absolute Gasteiger partial charge is 0.407 e. The molecule has 1 aliphatic heterocycles. The van der Waals surface area contributed by atoms with E-state index in [1.54, 1.807) is 6.92 Å². The molecule has 4 rings (SSSR count). The number of carboxylic acids is 1. The molecule has 0 aromatic heterocycles. The second-order valence-electron chi connectivity index (χ2n) is 8.28. The van der Waals surface area contributed by atoms with Crippen LogP contribution in [0.15, 0.2) is 48.5 Å². The van der Waals surface area contributed by atoms with Gasteiger partial charge in [0.15, 0.2) is 5.60 Å². The summed E-state index contributed by atoms with van der Waals surface area (Å²) in [7, 11) is 0. The Morgan fingerprint density at radius 1 is 1.12 bits per heavy atom. The van der Waals surface area contributed by atoms with Gasteiger partial charge >= 0.3 is 12.1 Å². The molecule has 2 aliphatic rings. The van der Waals surface area contributed by atoms with Crippen molar-refractivity contribution in [3.63, 3.8) is 0 Å². The lowest BCUT2D eigenvalue weighted by molar-refractivity contribution is -0.157. The van der Waals surface area contributed by atoms with Gasteiger partial charge in [-0.25, -0.2) is 9.59 Å². The zero-order chi connectivity index (χ0) is 22.9. The van der Waals surface area contributed by atoms with E-state index in [4.69, 9.17) is 9.84 Å². The van der Waals surface area contributed by atoms with Crippen LogP contribution in [0.4, 0.5) is 4.79 Å². The largest absolute Gasteiger partial charge is 0.479 e. The number of aliphatic carboxylic acids is 1. The van der Waals surface area contributed by atoms with Crippen LogP contribution in [0.3, 0.4) is 0 Å². The number of nitrogens with one attached hydrogen (secondary N) is 1. The van der Waals surface area contributed by atoms with Gasteiger partial charge in [0.1, 0.15) is 12.6 Å². The predicted octanol–water partition coefficient (Wildman–Crippen LogP) is 2.35. The average Bonchev–Trinajstić information content (AvgIpc) is 3.35. The number of carbonyl (C=O) groups is 3. The van der Waals surface area contributed by atoms with Crippen LogP contribution in [-0.2, 0) is 14.3 Å². The molecular weight excluding hydrogens is 412 g/mol. The van der Waals surface area contributed by atoms with E-state index in [-0.39, 0.29) is 32.0 Å². The van der Waals surface area contributed by atoms with E-state index in [2.05, 4.69) is 5.32 Å². The van der Waals surface area contributed by atoms with Gasteiger partial charge in [-0.1, -0.05) is 55.5 Å². The van der Waals surface area contributed by atoms with E-state index in [1.807, 2.05) is 48.5 Å². The Morgan fingerprint density at radius 2 is 1.72 bits per heavy atom. The maximum absolute atomic E-state index is 12.8. The van der Waals surface area contributed by atoms with Gasteiger partial charge in [0.2, 0.25) is 5.91 Å². The number of likely N-dealkylation sites (tertiary alicyclic amines) is 1. The lowest BCUT2D eigenvalue weighted by Gasteiger charge is -2.24. The highest BCUT2D eigenvalue weighted by Gasteiger charge is 2.45. The van der Waals surface area contributed by atoms with Crippen molar-refractivity contribution < 1.29 is 29.3 Å². The Kier molecular flexibility index (Phi) is 5.88. The summed E-state index contributed by atoms with van der Waals surface area (Å²) in [4.78, 5) is 37.7. The fraction of sp³-hybridized carbons (Fsp3) is 0.375. The van der Waals surface area contributed by atoms with Gasteiger partial charge in [0.25, 0.3) is 0 Å². The van der Waals surface area contributed by atoms with Crippen molar-refractivity contribution in [1.29, 1.82) is 0 Å². The van der Waals surface area contributed by atoms with Crippen LogP contribution < -0.4 is 5.32 Å². The predicted molar refractivity (Wildman–Crippen MR) is 116 cm³/mol. The number of hydrogen-bond acceptors (Lipinski definition) is 5. The number of aliphatic hydroxyl groups is 1. The molecular formula is C24H26N2O6. The SMILES string of the molecule is CC[C@@H](NC(=O)OCC1c2ccccc2-c2ccccc21)C(=O)N1CCC(O)(C(=O)O)C1. The highest BCUT2D eigenvalue weighted by Crippen LogP contribution is 2.44. The van der Waals surface area contributed by atoms with Crippen molar-refractivity contribution in [2.75, 3.05) is 19.7 Å². The lowest BCUT2D eigenvalue weighted by atomic mass is 9.98. The normalized spacial score (nSPS) is 20.4. The van der Waals surface area contributed by atoms with E-state index in [1.165, 1.54) is 4.90 Å². The third-order valence-electron chi connectivity index (χ3n) is 6.30. The molecule has 0 bridgehead atoms. The number of nitrogens with zero attached hydrogens (tertiary/aromatic N) is 1. The number of fused-ring (bicyclic) bond motifs is 3. The first-order chi connectivity index (χ1) is 15.3. The third-order valence-corrected chi connectivity index (χ3v) is 6.30. The summed E-state index contributed by atoms with van der Waals surface area (Å²) >= 11 is 0. The molecule has 2 amide bonds. The van der Waals surface area contributed by atoms with Gasteiger partial charge in [-0.2, -0.15) is 0 Å². The van der Waals surface area contributed by atoms with Crippen LogP contribution in [0.5, 0.6) is 0 Å². The molecule has 2 atom stereocenters. The molecule has 1 fully saturated rings. The highest BCUT2D eigenvalue weighted by atomic mass is 16.5. The number of alkyl carbamates (subject to hydrolysis) is 1. The Morgan fingerprint density at radius 3 is 2.25 bits per heavy atom. The number of hydrogen-bond donors (Lipinski definition) is 3. The zero-order valence-electron chi connectivity index (χ0n) is 17.8. The van der Waals surface area contributed by atoms with Gasteiger partial charge in [-0.05, 0) is 28.7 Å². The molecule has 0 radical (unpaired) electrons. The quantitative estimate of drug-likeness (QED) is 0.638. The molecule has 8 heteroatoms. The summed E-state index contributed by atoms with van der Waals surface area (Å²) in [5, 5.41) is 21.8. The van der Waals surface area contributed by atoms with Crippen molar-refractivity contribution in [2.24, 2.45) is 0 Å². The minimum Gasteiger partial charge on any atom is -0.479 e. The number of carboxylic acid groups (broad SMARTS) is 1. The fourth-order valence-corrected chi connectivity index (χ4v) is 4.50. The van der Waals surface area contributed by atoms with Crippen LogP contribution in [-0.4, -0.2) is 64.4 Å². The third kappa shape index (κ3) is 3.93. The van der Waals surface area contributed by atoms with Gasteiger partial charge in [0, 0.05) is 18.9 Å². The van der Waals surface area contributed by atoms with Crippen molar-refractivity contribution in [3.05, 3.63) is 59.7 Å². The Hall–Kier alpha value is -3.39. The molecule has 3 N–H and O–H groups in total. The summed E-state index contributed by atoms with van der Waals surface area (Å²) < 4.78 is 5.50. The van der Waals surface area contributed by atoms with Gasteiger partial charge in [-0.3, -0.25) is 4.79 Å². The summed E-state index contributed by atoms with van der Waals surface area (Å²) in [6.07, 6.45) is -0.444. The first-order valence-corrected chi connectivity index (χ1v) is 10.7. The van der Waals surface area contributed by atoms with E-state index in [0.717, 1.165) is 22.3 Å². The van der Waals surface area contributed by atoms with Crippen molar-refractivity contribution in [2.45, 2.75) is 37.3 Å². The first kappa shape index (κ1) is 21.8. The summed E-state index contributed by atoms with van der Waals surface area (Å²) in [6, 6.07) is 15.2. The monoisotopic (exact) mass is 438 g/mol. The molecule has 168 valence electrons. The fourth-order valence-electron chi connectivity index (χ4n) is 4.50. The highest BCUT2D eigenvalue weighted by molar-refractivity contribution is 5.87. The summed E-state index contributed by atoms with van der Waals surface area (Å²) in [6.45, 7) is 1.69. The van der Waals surface area contributed by atoms with Gasteiger partial charge in [-0.15, -0.1) is 0 Å². The molecule has 1 unspecified atom stereocenters. The molecule has 0 spiro atoms. The lowest BCUT2D eigenvalue weighted by Crippen LogP contribution is -2.50. The number of benzene rings is 2. The summed E-state index contributed by atoms with van der Waals surface area (Å²) in [5.41, 5.74) is 2.49. The number of rotatable bonds is 6. The van der Waals surface area contributed by atoms with E-state index in [9.17, 15) is 19.5 Å². The van der Waals surface area contributed by atoms with Crippen molar-refractivity contribution >= 4 is 18.0 Å². The van der Waals surface area contributed by atoms with Crippen molar-refractivity contribution in [3.8, 4) is 11.1 Å². The Bertz CT molecular complexity index is 1010. The minimum absolute atomic E-state index is 0.0462. The van der Waals surface area contributed by atoms with Gasteiger partial charge in [0.05, 0.1) is 6.54 Å². The molecule has 32 heavy (non-hydrogen) atoms. The first-order valence-electron chi connectivity index (χ1n) is 10.7. The molecule has 2 aromatic rings. The summed E-state index contributed by atoms with van der Waals surface area (Å²) in [5.74, 6) is -1.88.